The summed E-state index contributed by atoms with van der Waals surface area (Å²) < 4.78 is 39.8. The van der Waals surface area contributed by atoms with Crippen molar-refractivity contribution in [2.75, 3.05) is 19.6 Å². The summed E-state index contributed by atoms with van der Waals surface area (Å²) in [6, 6.07) is 0. The molecule has 0 radical (unpaired) electrons. The van der Waals surface area contributed by atoms with Crippen molar-refractivity contribution in [3.05, 3.63) is 16.1 Å². The van der Waals surface area contributed by atoms with E-state index in [-0.39, 0.29) is 0 Å². The minimum absolute atomic E-state index is 0.315. The van der Waals surface area contributed by atoms with Crippen molar-refractivity contribution >= 4 is 23.2 Å². The van der Waals surface area contributed by atoms with E-state index in [0.29, 0.717) is 30.1 Å². The molecule has 0 aromatic carbocycles. The van der Waals surface area contributed by atoms with E-state index in [1.165, 1.54) is 17.2 Å². The Bertz CT molecular complexity index is 587. The van der Waals surface area contributed by atoms with Crippen LogP contribution in [0.1, 0.15) is 31.0 Å². The standard InChI is InChI=1S/C14H20F3N3O3S/c1-4-20(5-2)11(22)7-18-10(21)6-13(23,14(15,16)17)12-19-9(3)8-24-12/h8,23H,4-7H2,1-3H3,(H,18,21)/t13-/m1/s1. The molecule has 1 aromatic rings. The Balaban J connectivity index is 2.82. The molecule has 1 atom stereocenters. The zero-order valence-corrected chi connectivity index (χ0v) is 14.4. The van der Waals surface area contributed by atoms with E-state index < -0.39 is 41.6 Å². The van der Waals surface area contributed by atoms with Gasteiger partial charge >= 0.3 is 6.18 Å². The van der Waals surface area contributed by atoms with Gasteiger partial charge in [-0.15, -0.1) is 11.3 Å². The lowest BCUT2D eigenvalue weighted by Gasteiger charge is -2.28. The van der Waals surface area contributed by atoms with Crippen LogP contribution in [0.2, 0.25) is 0 Å². The highest BCUT2D eigenvalue weighted by Crippen LogP contribution is 2.42. The molecule has 0 unspecified atom stereocenters. The van der Waals surface area contributed by atoms with Crippen molar-refractivity contribution in [1.82, 2.24) is 15.2 Å². The zero-order chi connectivity index (χ0) is 18.5. The molecule has 0 saturated carbocycles. The predicted octanol–water partition coefficient (Wildman–Crippen LogP) is 1.58. The summed E-state index contributed by atoms with van der Waals surface area (Å²) in [5.41, 5.74) is -3.07. The van der Waals surface area contributed by atoms with Crippen molar-refractivity contribution in [2.24, 2.45) is 0 Å². The number of amides is 2. The Hall–Kier alpha value is -1.68. The average Bonchev–Trinajstić information content (AvgIpc) is 2.92. The number of thiazole rings is 1. The van der Waals surface area contributed by atoms with Crippen molar-refractivity contribution in [2.45, 2.75) is 39.0 Å². The van der Waals surface area contributed by atoms with E-state index in [1.807, 2.05) is 0 Å². The third kappa shape index (κ3) is 4.67. The second-order valence-corrected chi connectivity index (χ2v) is 6.03. The van der Waals surface area contributed by atoms with Crippen LogP contribution in [0, 0.1) is 6.92 Å². The number of aliphatic hydroxyl groups is 1. The number of hydrogen-bond acceptors (Lipinski definition) is 5. The molecular formula is C14H20F3N3O3S. The first-order valence-corrected chi connectivity index (χ1v) is 8.19. The van der Waals surface area contributed by atoms with E-state index >= 15 is 0 Å². The van der Waals surface area contributed by atoms with Crippen LogP contribution >= 0.6 is 11.3 Å². The van der Waals surface area contributed by atoms with Gasteiger partial charge in [0.25, 0.3) is 0 Å². The Morgan fingerprint density at radius 3 is 2.33 bits per heavy atom. The van der Waals surface area contributed by atoms with Gasteiger partial charge in [0.15, 0.2) is 0 Å². The van der Waals surface area contributed by atoms with Crippen LogP contribution in [0.3, 0.4) is 0 Å². The van der Waals surface area contributed by atoms with Gasteiger partial charge in [-0.1, -0.05) is 0 Å². The second kappa shape index (κ2) is 7.93. The maximum Gasteiger partial charge on any atom is 0.424 e. The number of nitrogens with one attached hydrogen (secondary N) is 1. The molecule has 0 fully saturated rings. The molecule has 2 N–H and O–H groups in total. The molecule has 0 saturated heterocycles. The van der Waals surface area contributed by atoms with Gasteiger partial charge in [-0.25, -0.2) is 4.98 Å². The normalized spacial score (nSPS) is 14.1. The maximum atomic E-state index is 13.3. The Kier molecular flexibility index (Phi) is 6.73. The molecule has 0 spiro atoms. The van der Waals surface area contributed by atoms with Crippen molar-refractivity contribution in [1.29, 1.82) is 0 Å². The molecule has 10 heteroatoms. The molecule has 136 valence electrons. The summed E-state index contributed by atoms with van der Waals surface area (Å²) >= 11 is 0.626. The van der Waals surface area contributed by atoms with Crippen LogP contribution < -0.4 is 5.32 Å². The van der Waals surface area contributed by atoms with E-state index in [1.54, 1.807) is 13.8 Å². The smallest absolute Gasteiger partial charge is 0.374 e. The molecule has 1 aromatic heterocycles. The average molecular weight is 367 g/mol. The van der Waals surface area contributed by atoms with Gasteiger partial charge in [0.2, 0.25) is 17.4 Å². The van der Waals surface area contributed by atoms with Crippen LogP contribution in [-0.2, 0) is 15.2 Å². The summed E-state index contributed by atoms with van der Waals surface area (Å²) in [5, 5.41) is 12.9. The molecule has 1 rings (SSSR count). The molecule has 0 aliphatic carbocycles. The van der Waals surface area contributed by atoms with E-state index in [2.05, 4.69) is 10.3 Å². The van der Waals surface area contributed by atoms with Crippen LogP contribution in [0.4, 0.5) is 13.2 Å². The molecule has 0 aliphatic heterocycles. The monoisotopic (exact) mass is 367 g/mol. The molecule has 1 heterocycles. The van der Waals surface area contributed by atoms with Gasteiger partial charge in [-0.05, 0) is 20.8 Å². The van der Waals surface area contributed by atoms with Crippen LogP contribution in [0.15, 0.2) is 5.38 Å². The highest BCUT2D eigenvalue weighted by Gasteiger charge is 2.58. The molecule has 0 aliphatic rings. The van der Waals surface area contributed by atoms with Crippen molar-refractivity contribution in [3.8, 4) is 0 Å². The Morgan fingerprint density at radius 1 is 1.33 bits per heavy atom. The Morgan fingerprint density at radius 2 is 1.92 bits per heavy atom. The summed E-state index contributed by atoms with van der Waals surface area (Å²) in [6.07, 6.45) is -6.33. The molecule has 24 heavy (non-hydrogen) atoms. The largest absolute Gasteiger partial charge is 0.424 e. The quantitative estimate of drug-likeness (QED) is 0.767. The van der Waals surface area contributed by atoms with Crippen LogP contribution in [-0.4, -0.2) is 52.6 Å². The van der Waals surface area contributed by atoms with Gasteiger partial charge in [0.05, 0.1) is 13.0 Å². The van der Waals surface area contributed by atoms with Crippen molar-refractivity contribution in [3.63, 3.8) is 0 Å². The minimum Gasteiger partial charge on any atom is -0.374 e. The fourth-order valence-corrected chi connectivity index (χ4v) is 2.91. The molecular weight excluding hydrogens is 347 g/mol. The second-order valence-electron chi connectivity index (χ2n) is 5.17. The van der Waals surface area contributed by atoms with Crippen LogP contribution in [0.5, 0.6) is 0 Å². The molecule has 6 nitrogen and oxygen atoms in total. The number of carbonyl (C=O) groups excluding carboxylic acids is 2. The number of alkyl halides is 3. The number of aryl methyl sites for hydroxylation is 1. The van der Waals surface area contributed by atoms with Gasteiger partial charge < -0.3 is 15.3 Å². The van der Waals surface area contributed by atoms with Gasteiger partial charge in [-0.3, -0.25) is 9.59 Å². The number of hydrogen-bond donors (Lipinski definition) is 2. The lowest BCUT2D eigenvalue weighted by atomic mass is 9.99. The van der Waals surface area contributed by atoms with Gasteiger partial charge in [-0.2, -0.15) is 13.2 Å². The van der Waals surface area contributed by atoms with Crippen molar-refractivity contribution < 1.29 is 27.9 Å². The lowest BCUT2D eigenvalue weighted by molar-refractivity contribution is -0.267. The molecule has 2 amide bonds. The molecule has 0 bridgehead atoms. The van der Waals surface area contributed by atoms with E-state index in [0.717, 1.165) is 0 Å². The first-order valence-electron chi connectivity index (χ1n) is 7.31. The number of rotatable bonds is 7. The summed E-state index contributed by atoms with van der Waals surface area (Å²) in [7, 11) is 0. The van der Waals surface area contributed by atoms with E-state index in [9.17, 15) is 27.9 Å². The zero-order valence-electron chi connectivity index (χ0n) is 13.6. The minimum atomic E-state index is -5.07. The number of aromatic nitrogens is 1. The first-order chi connectivity index (χ1) is 11.0. The van der Waals surface area contributed by atoms with Gasteiger partial charge in [0.1, 0.15) is 5.01 Å². The summed E-state index contributed by atoms with van der Waals surface area (Å²) in [5.74, 6) is -1.49. The fourth-order valence-electron chi connectivity index (χ4n) is 2.00. The maximum absolute atomic E-state index is 13.3. The number of halogens is 3. The highest BCUT2D eigenvalue weighted by molar-refractivity contribution is 7.09. The SMILES string of the molecule is CCN(CC)C(=O)CNC(=O)C[C@@](O)(c1nc(C)cs1)C(F)(F)F. The lowest BCUT2D eigenvalue weighted by Crippen LogP contribution is -2.47. The topological polar surface area (TPSA) is 82.5 Å². The highest BCUT2D eigenvalue weighted by atomic mass is 32.1. The van der Waals surface area contributed by atoms with Crippen LogP contribution in [0.25, 0.3) is 0 Å². The third-order valence-corrected chi connectivity index (χ3v) is 4.52. The van der Waals surface area contributed by atoms with E-state index in [4.69, 9.17) is 0 Å². The number of nitrogens with zero attached hydrogens (tertiary/aromatic N) is 2. The third-order valence-electron chi connectivity index (χ3n) is 3.41. The fraction of sp³-hybridized carbons (Fsp3) is 0.643. The number of likely N-dealkylation sites (N-methyl/N-ethyl adjacent to an activating group) is 1. The predicted molar refractivity (Wildman–Crippen MR) is 82.4 cm³/mol. The number of carbonyl (C=O) groups is 2. The summed E-state index contributed by atoms with van der Waals surface area (Å²) in [6.45, 7) is 5.41. The van der Waals surface area contributed by atoms with Gasteiger partial charge in [0, 0.05) is 24.2 Å². The first kappa shape index (κ1) is 20.4. The Labute approximate surface area is 141 Å². The summed E-state index contributed by atoms with van der Waals surface area (Å²) in [4.78, 5) is 28.7.